The first-order valence-electron chi connectivity index (χ1n) is 30.1. The lowest BCUT2D eigenvalue weighted by molar-refractivity contribution is 0.894. The van der Waals surface area contributed by atoms with E-state index in [1.54, 1.807) is 0 Å². The Morgan fingerprint density at radius 2 is 0.744 bits per heavy atom. The zero-order valence-electron chi connectivity index (χ0n) is 48.0. The standard InChI is InChI=1S/C78H48N12/c1-4-19-46(20-5-1)73-82-74(47-21-6-2-7-22-47)84-75(83-73)49-35-38-51(39-36-49)88-66-33-17-15-31-63(66)81-68-52(28-18-34-67(68)88)50-37-44-65-60(45-50)59-43-41-57-54-26-11-14-30-62(54)80-70(57)72(59)90(65)78-86-76(48-23-8-3-9-24-48)85-77(87-78)89-64-32-16-12-27-55(64)58-42-40-56-53-25-10-13-29-61(53)79-69(56)71(58)89/h1-45,79-81H. The number of nitrogens with zero attached hydrogens (tertiary/aromatic N) is 9. The predicted octanol–water partition coefficient (Wildman–Crippen LogP) is 19.4. The van der Waals surface area contributed by atoms with E-state index in [0.717, 1.165) is 149 Å². The number of aromatic nitrogens is 10. The molecule has 0 saturated carbocycles. The van der Waals surface area contributed by atoms with Gasteiger partial charge in [0.2, 0.25) is 11.9 Å². The van der Waals surface area contributed by atoms with Gasteiger partial charge in [-0.3, -0.25) is 9.13 Å². The highest BCUT2D eigenvalue weighted by Crippen LogP contribution is 2.52. The molecule has 0 aliphatic carbocycles. The van der Waals surface area contributed by atoms with Crippen molar-refractivity contribution in [3.63, 3.8) is 0 Å². The number of rotatable bonds is 8. The van der Waals surface area contributed by atoms with Crippen molar-refractivity contribution in [1.82, 2.24) is 49.0 Å². The summed E-state index contributed by atoms with van der Waals surface area (Å²) in [5, 5.41) is 12.8. The molecule has 0 fully saturated rings. The van der Waals surface area contributed by atoms with Crippen LogP contribution >= 0.6 is 0 Å². The molecular formula is C78H48N12. The summed E-state index contributed by atoms with van der Waals surface area (Å²) < 4.78 is 4.48. The highest BCUT2D eigenvalue weighted by molar-refractivity contribution is 6.24. The predicted molar refractivity (Wildman–Crippen MR) is 366 cm³/mol. The van der Waals surface area contributed by atoms with Crippen LogP contribution in [0.15, 0.2) is 273 Å². The molecule has 12 nitrogen and oxygen atoms in total. The first kappa shape index (κ1) is 49.7. The molecule has 3 N–H and O–H groups in total. The van der Waals surface area contributed by atoms with E-state index in [4.69, 9.17) is 29.9 Å². The first-order valence-corrected chi connectivity index (χ1v) is 30.1. The number of hydrogen-bond donors (Lipinski definition) is 3. The number of fused-ring (bicyclic) bond motifs is 16. The lowest BCUT2D eigenvalue weighted by Gasteiger charge is -2.35. The average molecular weight is 1150 g/mol. The molecule has 0 bridgehead atoms. The molecule has 0 unspecified atom stereocenters. The van der Waals surface area contributed by atoms with Crippen molar-refractivity contribution in [2.24, 2.45) is 0 Å². The van der Waals surface area contributed by atoms with Crippen LogP contribution in [0.1, 0.15) is 0 Å². The quantitative estimate of drug-likeness (QED) is 0.137. The fraction of sp³-hybridized carbons (Fsp3) is 0. The molecule has 18 aromatic rings. The van der Waals surface area contributed by atoms with E-state index in [0.29, 0.717) is 35.2 Å². The highest BCUT2D eigenvalue weighted by Gasteiger charge is 2.29. The summed E-state index contributed by atoms with van der Waals surface area (Å²) in [5.41, 5.74) is 18.8. The van der Waals surface area contributed by atoms with Gasteiger partial charge in [0.05, 0.1) is 55.8 Å². The smallest absolute Gasteiger partial charge is 0.240 e. The molecule has 1 aliphatic heterocycles. The number of nitrogens with one attached hydrogen (secondary N) is 3. The minimum Gasteiger partial charge on any atom is -0.353 e. The van der Waals surface area contributed by atoms with Crippen molar-refractivity contribution in [3.8, 4) is 68.6 Å². The van der Waals surface area contributed by atoms with Crippen molar-refractivity contribution in [2.75, 3.05) is 10.2 Å². The molecule has 6 aromatic heterocycles. The average Bonchev–Trinajstić information content (AvgIpc) is 1.55. The summed E-state index contributed by atoms with van der Waals surface area (Å²) in [7, 11) is 0. The molecule has 90 heavy (non-hydrogen) atoms. The molecule has 12 heteroatoms. The van der Waals surface area contributed by atoms with Gasteiger partial charge < -0.3 is 20.2 Å². The summed E-state index contributed by atoms with van der Waals surface area (Å²) in [4.78, 5) is 41.7. The van der Waals surface area contributed by atoms with E-state index in [2.05, 4.69) is 223 Å². The Morgan fingerprint density at radius 3 is 1.34 bits per heavy atom. The van der Waals surface area contributed by atoms with Gasteiger partial charge in [-0.05, 0) is 78.4 Å². The third-order valence-corrected chi connectivity index (χ3v) is 17.8. The summed E-state index contributed by atoms with van der Waals surface area (Å²) in [6, 6.07) is 95.4. The van der Waals surface area contributed by atoms with E-state index < -0.39 is 0 Å². The molecule has 1 aliphatic rings. The Bertz CT molecular complexity index is 5890. The van der Waals surface area contributed by atoms with E-state index in [-0.39, 0.29) is 0 Å². The van der Waals surface area contributed by atoms with Gasteiger partial charge in [0.15, 0.2) is 23.3 Å². The number of anilines is 5. The maximum absolute atomic E-state index is 5.67. The molecular weight excluding hydrogens is 1100 g/mol. The van der Waals surface area contributed by atoms with Crippen LogP contribution in [0.4, 0.5) is 28.4 Å². The summed E-state index contributed by atoms with van der Waals surface area (Å²) in [5.74, 6) is 3.40. The molecule has 7 heterocycles. The Morgan fingerprint density at radius 1 is 0.289 bits per heavy atom. The first-order chi connectivity index (χ1) is 44.6. The minimum atomic E-state index is 0.494. The third-order valence-electron chi connectivity index (χ3n) is 17.8. The largest absolute Gasteiger partial charge is 0.353 e. The number of benzene rings is 12. The van der Waals surface area contributed by atoms with Crippen LogP contribution in [0.2, 0.25) is 0 Å². The van der Waals surface area contributed by atoms with Gasteiger partial charge in [-0.2, -0.15) is 15.0 Å². The van der Waals surface area contributed by atoms with Crippen LogP contribution in [0.25, 0.3) is 156 Å². The number of hydrogen-bond acceptors (Lipinski definition) is 8. The summed E-state index contributed by atoms with van der Waals surface area (Å²) in [6.45, 7) is 0. The van der Waals surface area contributed by atoms with Crippen molar-refractivity contribution in [3.05, 3.63) is 273 Å². The third kappa shape index (κ3) is 7.61. The van der Waals surface area contributed by atoms with E-state index in [9.17, 15) is 0 Å². The number of para-hydroxylation sites is 6. The fourth-order valence-electron chi connectivity index (χ4n) is 13.8. The molecule has 12 aromatic carbocycles. The van der Waals surface area contributed by atoms with Crippen LogP contribution in [0.5, 0.6) is 0 Å². The minimum absolute atomic E-state index is 0.494. The Labute approximate surface area is 513 Å². The van der Waals surface area contributed by atoms with Crippen LogP contribution in [-0.4, -0.2) is 49.0 Å². The van der Waals surface area contributed by atoms with Gasteiger partial charge >= 0.3 is 0 Å². The summed E-state index contributed by atoms with van der Waals surface area (Å²) in [6.07, 6.45) is 0. The van der Waals surface area contributed by atoms with Gasteiger partial charge in [0.25, 0.3) is 0 Å². The molecule has 0 amide bonds. The maximum atomic E-state index is 5.67. The van der Waals surface area contributed by atoms with Crippen LogP contribution in [0.3, 0.4) is 0 Å². The van der Waals surface area contributed by atoms with Crippen molar-refractivity contribution < 1.29 is 0 Å². The second-order valence-corrected chi connectivity index (χ2v) is 22.9. The SMILES string of the molecule is c1ccc(-c2nc(-c3ccccc3)nc(-c3ccc(N4c5ccccc5Nc5c(-c6ccc7c(c6)c6ccc8c9ccccc9[nH]c8c6n7-c6nc(-c7ccccc7)nc(-n7c8ccccc8c8ccc9c%10ccccc%10[nH]c9c87)n6)cccc54)cc3)n2)cc1. The van der Waals surface area contributed by atoms with Gasteiger partial charge in [-0.1, -0.05) is 200 Å². The maximum Gasteiger partial charge on any atom is 0.240 e. The molecule has 420 valence electrons. The van der Waals surface area contributed by atoms with Crippen molar-refractivity contribution in [2.45, 2.75) is 0 Å². The topological polar surface area (TPSA) is 134 Å². The van der Waals surface area contributed by atoms with Crippen LogP contribution in [-0.2, 0) is 0 Å². The van der Waals surface area contributed by atoms with E-state index in [1.807, 2.05) is 78.9 Å². The number of H-pyrrole nitrogens is 2. The molecule has 0 saturated heterocycles. The monoisotopic (exact) mass is 1150 g/mol. The van der Waals surface area contributed by atoms with Crippen LogP contribution in [0, 0.1) is 0 Å². The summed E-state index contributed by atoms with van der Waals surface area (Å²) >= 11 is 0. The second-order valence-electron chi connectivity index (χ2n) is 22.9. The van der Waals surface area contributed by atoms with Crippen LogP contribution < -0.4 is 10.2 Å². The molecule has 0 spiro atoms. The van der Waals surface area contributed by atoms with Gasteiger partial charge in [0.1, 0.15) is 0 Å². The zero-order chi connectivity index (χ0) is 59.0. The zero-order valence-corrected chi connectivity index (χ0v) is 48.0. The Balaban J connectivity index is 0.797. The lowest BCUT2D eigenvalue weighted by Crippen LogP contribution is -2.18. The Kier molecular flexibility index (Phi) is 10.8. The van der Waals surface area contributed by atoms with E-state index >= 15 is 0 Å². The van der Waals surface area contributed by atoms with Crippen molar-refractivity contribution in [1.29, 1.82) is 0 Å². The van der Waals surface area contributed by atoms with Crippen molar-refractivity contribution >= 4 is 116 Å². The van der Waals surface area contributed by atoms with Gasteiger partial charge in [-0.15, -0.1) is 0 Å². The van der Waals surface area contributed by atoms with Gasteiger partial charge in [0, 0.05) is 87.6 Å². The van der Waals surface area contributed by atoms with E-state index in [1.165, 1.54) is 0 Å². The normalized spacial score (nSPS) is 12.3. The molecule has 0 radical (unpaired) electrons. The fourth-order valence-corrected chi connectivity index (χ4v) is 13.8. The lowest BCUT2D eigenvalue weighted by atomic mass is 9.97. The second kappa shape index (κ2) is 19.5. The van der Waals surface area contributed by atoms with Gasteiger partial charge in [-0.25, -0.2) is 15.0 Å². The molecule has 19 rings (SSSR count). The number of aromatic amines is 2. The highest BCUT2D eigenvalue weighted by atomic mass is 15.3. The molecule has 0 atom stereocenters. The Hall–Kier alpha value is -12.5.